The lowest BCUT2D eigenvalue weighted by Gasteiger charge is -2.16. The Morgan fingerprint density at radius 2 is 2.11 bits per heavy atom. The molecule has 1 unspecified atom stereocenters. The van der Waals surface area contributed by atoms with Gasteiger partial charge in [-0.25, -0.2) is 9.97 Å². The average molecular weight is 511 g/mol. The Bertz CT molecular complexity index is 1680. The molecule has 3 heterocycles. The van der Waals surface area contributed by atoms with Crippen LogP contribution in [0.5, 0.6) is 0 Å². The van der Waals surface area contributed by atoms with E-state index in [4.69, 9.17) is 9.72 Å². The van der Waals surface area contributed by atoms with Crippen LogP contribution >= 0.6 is 0 Å². The fourth-order valence-corrected chi connectivity index (χ4v) is 4.80. The molecule has 0 amide bonds. The van der Waals surface area contributed by atoms with Crippen LogP contribution in [-0.4, -0.2) is 48.2 Å². The fourth-order valence-electron chi connectivity index (χ4n) is 4.80. The number of imidazole rings is 2. The van der Waals surface area contributed by atoms with E-state index in [9.17, 15) is 14.7 Å². The molecule has 0 radical (unpaired) electrons. The third kappa shape index (κ3) is 4.14. The van der Waals surface area contributed by atoms with Crippen LogP contribution in [0.1, 0.15) is 17.5 Å². The van der Waals surface area contributed by atoms with Crippen LogP contribution in [0.25, 0.3) is 28.1 Å². The maximum Gasteiger partial charge on any atom is 0.316 e. The van der Waals surface area contributed by atoms with E-state index in [1.807, 2.05) is 60.2 Å². The zero-order valence-electron chi connectivity index (χ0n) is 20.6. The lowest BCUT2D eigenvalue weighted by molar-refractivity contribution is -0.153. The van der Waals surface area contributed by atoms with Crippen molar-refractivity contribution in [2.75, 3.05) is 11.9 Å². The topological polar surface area (TPSA) is 138 Å². The number of aliphatic hydroxyl groups is 1. The third-order valence-electron chi connectivity index (χ3n) is 7.07. The number of benzene rings is 2. The molecule has 6 rings (SSSR count). The molecule has 38 heavy (non-hydrogen) atoms. The summed E-state index contributed by atoms with van der Waals surface area (Å²) in [5.74, 6) is -0.0729. The van der Waals surface area contributed by atoms with E-state index in [0.29, 0.717) is 23.5 Å². The van der Waals surface area contributed by atoms with Gasteiger partial charge < -0.3 is 29.7 Å². The number of nitrogens with one attached hydrogen (secondary N) is 3. The summed E-state index contributed by atoms with van der Waals surface area (Å²) in [6, 6.07) is 14.7. The maximum atomic E-state index is 13.0. The monoisotopic (exact) mass is 510 g/mol. The summed E-state index contributed by atoms with van der Waals surface area (Å²) in [6.45, 7) is 1.73. The number of aromatic nitrogens is 5. The van der Waals surface area contributed by atoms with Gasteiger partial charge in [0.05, 0.1) is 29.7 Å². The summed E-state index contributed by atoms with van der Waals surface area (Å²) in [5, 5.41) is 13.4. The highest BCUT2D eigenvalue weighted by atomic mass is 16.5. The van der Waals surface area contributed by atoms with Crippen LogP contribution < -0.4 is 10.9 Å². The highest BCUT2D eigenvalue weighted by Crippen LogP contribution is 2.49. The van der Waals surface area contributed by atoms with E-state index in [1.165, 1.54) is 6.20 Å². The number of hydrogen-bond acceptors (Lipinski definition) is 7. The summed E-state index contributed by atoms with van der Waals surface area (Å²) >= 11 is 0. The maximum absolute atomic E-state index is 13.0. The number of aryl methyl sites for hydroxylation is 1. The number of esters is 1. The van der Waals surface area contributed by atoms with Crippen molar-refractivity contribution >= 4 is 22.7 Å². The van der Waals surface area contributed by atoms with Gasteiger partial charge in [0.2, 0.25) is 0 Å². The van der Waals surface area contributed by atoms with E-state index >= 15 is 0 Å². The highest BCUT2D eigenvalue weighted by Gasteiger charge is 2.61. The number of carbonyl (C=O) groups is 1. The predicted octanol–water partition coefficient (Wildman–Crippen LogP) is 3.32. The summed E-state index contributed by atoms with van der Waals surface area (Å²) in [6.07, 6.45) is 7.21. The molecule has 1 aliphatic rings. The minimum atomic E-state index is -1.07. The molecule has 0 bridgehead atoms. The van der Waals surface area contributed by atoms with Crippen molar-refractivity contribution in [3.8, 4) is 17.1 Å². The van der Waals surface area contributed by atoms with Crippen molar-refractivity contribution in [2.45, 2.75) is 26.0 Å². The number of ether oxygens (including phenoxy) is 1. The molecule has 5 aromatic rings. The minimum Gasteiger partial charge on any atom is -0.460 e. The number of H-pyrrole nitrogens is 2. The predicted molar refractivity (Wildman–Crippen MR) is 142 cm³/mol. The lowest BCUT2D eigenvalue weighted by atomic mass is 10.1. The first-order valence-corrected chi connectivity index (χ1v) is 12.3. The molecule has 192 valence electrons. The van der Waals surface area contributed by atoms with E-state index < -0.39 is 17.4 Å². The Hall–Kier alpha value is -4.70. The first kappa shape index (κ1) is 23.7. The largest absolute Gasteiger partial charge is 0.460 e. The number of pyridine rings is 1. The van der Waals surface area contributed by atoms with Gasteiger partial charge in [-0.2, -0.15) is 0 Å². The second-order valence-corrected chi connectivity index (χ2v) is 9.59. The third-order valence-corrected chi connectivity index (χ3v) is 7.07. The molecule has 0 saturated heterocycles. The van der Waals surface area contributed by atoms with Gasteiger partial charge in [-0.05, 0) is 42.7 Å². The van der Waals surface area contributed by atoms with Crippen LogP contribution in [0, 0.1) is 12.3 Å². The van der Waals surface area contributed by atoms with Crippen molar-refractivity contribution in [2.24, 2.45) is 5.41 Å². The number of fused-ring (bicyclic) bond motifs is 1. The van der Waals surface area contributed by atoms with Crippen molar-refractivity contribution in [1.29, 1.82) is 0 Å². The molecule has 1 fully saturated rings. The van der Waals surface area contributed by atoms with Crippen LogP contribution in [0.4, 0.5) is 5.69 Å². The van der Waals surface area contributed by atoms with Gasteiger partial charge in [-0.1, -0.05) is 30.3 Å². The zero-order valence-corrected chi connectivity index (χ0v) is 20.6. The van der Waals surface area contributed by atoms with Gasteiger partial charge in [-0.3, -0.25) is 9.59 Å². The normalized spacial score (nSPS) is 18.4. The minimum absolute atomic E-state index is 0.129. The van der Waals surface area contributed by atoms with E-state index in [2.05, 4.69) is 20.3 Å². The first-order valence-electron chi connectivity index (χ1n) is 12.3. The van der Waals surface area contributed by atoms with E-state index in [0.717, 1.165) is 27.8 Å². The Morgan fingerprint density at radius 3 is 2.87 bits per heavy atom. The molecule has 1 saturated carbocycles. The van der Waals surface area contributed by atoms with Gasteiger partial charge in [0.15, 0.2) is 0 Å². The van der Waals surface area contributed by atoms with Crippen LogP contribution in [0.15, 0.2) is 78.2 Å². The fraction of sp³-hybridized carbons (Fsp3) is 0.214. The van der Waals surface area contributed by atoms with Crippen molar-refractivity contribution in [3.63, 3.8) is 0 Å². The van der Waals surface area contributed by atoms with Crippen molar-refractivity contribution in [3.05, 3.63) is 94.9 Å². The van der Waals surface area contributed by atoms with Gasteiger partial charge in [0.1, 0.15) is 23.4 Å². The van der Waals surface area contributed by atoms with Crippen LogP contribution in [0.3, 0.4) is 0 Å². The van der Waals surface area contributed by atoms with Crippen LogP contribution in [0.2, 0.25) is 0 Å². The Kier molecular flexibility index (Phi) is 5.80. The van der Waals surface area contributed by atoms with E-state index in [1.54, 1.807) is 18.6 Å². The Morgan fingerprint density at radius 1 is 1.26 bits per heavy atom. The summed E-state index contributed by atoms with van der Waals surface area (Å²) in [7, 11) is 0. The summed E-state index contributed by atoms with van der Waals surface area (Å²) < 4.78 is 7.41. The smallest absolute Gasteiger partial charge is 0.316 e. The average Bonchev–Trinajstić information content (AvgIpc) is 3.25. The Balaban J connectivity index is 1.27. The molecule has 1 aliphatic carbocycles. The molecule has 10 heteroatoms. The SMILES string of the molecule is Cc1cc(-n2ccnc2)cc2[nH]c(-c3c(NC4C[C@]4(CO)C(=O)OCc4ccccc4)cc[nH]c3=O)nc12. The molecule has 4 N–H and O–H groups in total. The van der Waals surface area contributed by atoms with E-state index in [-0.39, 0.29) is 18.8 Å². The molecule has 3 aromatic heterocycles. The first-order chi connectivity index (χ1) is 18.5. The standard InChI is InChI=1S/C28H26N6O4/c1-17-11-19(34-10-9-29-16-34)12-21-24(17)33-25(32-21)23-20(7-8-30-26(23)36)31-22-13-28(22,15-35)27(37)38-14-18-5-3-2-4-6-18/h2-12,16,22,35H,13-15H2,1H3,(H,32,33)(H2,30,31,36)/t22?,28-/m1/s1. The number of aliphatic hydroxyl groups excluding tert-OH is 1. The number of aromatic amines is 2. The number of rotatable bonds is 8. The molecule has 2 atom stereocenters. The summed E-state index contributed by atoms with van der Waals surface area (Å²) in [4.78, 5) is 40.7. The lowest BCUT2D eigenvalue weighted by Crippen LogP contribution is -2.29. The molecule has 10 nitrogen and oxygen atoms in total. The quantitative estimate of drug-likeness (QED) is 0.235. The molecular weight excluding hydrogens is 484 g/mol. The highest BCUT2D eigenvalue weighted by molar-refractivity contribution is 5.87. The van der Waals surface area contributed by atoms with Crippen molar-refractivity contribution in [1.82, 2.24) is 24.5 Å². The van der Waals surface area contributed by atoms with Crippen LogP contribution in [-0.2, 0) is 16.1 Å². The van der Waals surface area contributed by atoms with Gasteiger partial charge >= 0.3 is 5.97 Å². The number of anilines is 1. The number of carbonyl (C=O) groups excluding carboxylic acids is 1. The number of hydrogen-bond donors (Lipinski definition) is 4. The molecular formula is C28H26N6O4. The van der Waals surface area contributed by atoms with Gasteiger partial charge in [0.25, 0.3) is 5.56 Å². The summed E-state index contributed by atoms with van der Waals surface area (Å²) in [5.41, 5.74) is 3.69. The molecule has 0 spiro atoms. The van der Waals surface area contributed by atoms with Gasteiger partial charge in [-0.15, -0.1) is 0 Å². The van der Waals surface area contributed by atoms with Crippen molar-refractivity contribution < 1.29 is 14.6 Å². The second kappa shape index (κ2) is 9.31. The Labute approximate surface area is 217 Å². The number of nitrogens with zero attached hydrogens (tertiary/aromatic N) is 3. The molecule has 0 aliphatic heterocycles. The van der Waals surface area contributed by atoms with Gasteiger partial charge in [0, 0.05) is 30.3 Å². The molecule has 2 aromatic carbocycles. The second-order valence-electron chi connectivity index (χ2n) is 9.59. The zero-order chi connectivity index (χ0) is 26.3.